The molecule has 120 valence electrons. The zero-order chi connectivity index (χ0) is 16.8. The Morgan fingerprint density at radius 2 is 1.96 bits per heavy atom. The second kappa shape index (κ2) is 7.42. The van der Waals surface area contributed by atoms with Crippen LogP contribution in [0.25, 0.3) is 0 Å². The van der Waals surface area contributed by atoms with E-state index in [1.54, 1.807) is 24.5 Å². The normalized spacial score (nSPS) is 10.2. The molecule has 3 aromatic rings. The van der Waals surface area contributed by atoms with Crippen LogP contribution in [0.2, 0.25) is 0 Å². The molecule has 0 unspecified atom stereocenters. The van der Waals surface area contributed by atoms with E-state index in [1.165, 1.54) is 0 Å². The minimum absolute atomic E-state index is 0.145. The number of aromatic nitrogens is 1. The Morgan fingerprint density at radius 1 is 1.08 bits per heavy atom. The predicted octanol–water partition coefficient (Wildman–Crippen LogP) is 4.11. The molecule has 4 nitrogen and oxygen atoms in total. The molecule has 0 saturated heterocycles. The zero-order valence-corrected chi connectivity index (χ0v) is 13.4. The van der Waals surface area contributed by atoms with E-state index in [0.29, 0.717) is 12.1 Å². The summed E-state index contributed by atoms with van der Waals surface area (Å²) in [5.74, 6) is 1.43. The van der Waals surface area contributed by atoms with Gasteiger partial charge in [0.25, 0.3) is 5.91 Å². The summed E-state index contributed by atoms with van der Waals surface area (Å²) in [4.78, 5) is 16.0. The molecule has 0 spiro atoms. The van der Waals surface area contributed by atoms with E-state index >= 15 is 0 Å². The Balaban J connectivity index is 1.65. The van der Waals surface area contributed by atoms with Crippen molar-refractivity contribution in [3.8, 4) is 11.5 Å². The topological polar surface area (TPSA) is 51.2 Å². The van der Waals surface area contributed by atoms with Gasteiger partial charge in [-0.25, -0.2) is 0 Å². The number of nitrogens with zero attached hydrogens (tertiary/aromatic N) is 1. The van der Waals surface area contributed by atoms with Crippen LogP contribution in [0, 0.1) is 6.92 Å². The highest BCUT2D eigenvalue weighted by molar-refractivity contribution is 5.93. The molecule has 0 atom stereocenters. The van der Waals surface area contributed by atoms with Gasteiger partial charge in [0, 0.05) is 18.9 Å². The van der Waals surface area contributed by atoms with Crippen molar-refractivity contribution in [3.05, 3.63) is 89.7 Å². The third-order valence-corrected chi connectivity index (χ3v) is 3.60. The van der Waals surface area contributed by atoms with E-state index in [9.17, 15) is 4.79 Å². The van der Waals surface area contributed by atoms with E-state index in [4.69, 9.17) is 4.74 Å². The van der Waals surface area contributed by atoms with Crippen LogP contribution in [-0.4, -0.2) is 10.9 Å². The van der Waals surface area contributed by atoms with E-state index < -0.39 is 0 Å². The molecular weight excluding hydrogens is 300 g/mol. The van der Waals surface area contributed by atoms with Crippen molar-refractivity contribution >= 4 is 5.91 Å². The number of pyridine rings is 1. The van der Waals surface area contributed by atoms with Crippen molar-refractivity contribution in [3.63, 3.8) is 0 Å². The highest BCUT2D eigenvalue weighted by Crippen LogP contribution is 2.25. The third-order valence-electron chi connectivity index (χ3n) is 3.60. The number of amides is 1. The average Bonchev–Trinajstić information content (AvgIpc) is 2.63. The van der Waals surface area contributed by atoms with Crippen LogP contribution in [0.1, 0.15) is 21.5 Å². The molecule has 2 aromatic carbocycles. The lowest BCUT2D eigenvalue weighted by Crippen LogP contribution is -2.22. The zero-order valence-electron chi connectivity index (χ0n) is 13.4. The monoisotopic (exact) mass is 318 g/mol. The molecule has 1 N–H and O–H groups in total. The molecule has 0 saturated carbocycles. The first-order chi connectivity index (χ1) is 11.7. The van der Waals surface area contributed by atoms with Crippen molar-refractivity contribution in [1.29, 1.82) is 0 Å². The largest absolute Gasteiger partial charge is 0.457 e. The summed E-state index contributed by atoms with van der Waals surface area (Å²) in [6, 6.07) is 19.0. The fourth-order valence-corrected chi connectivity index (χ4v) is 2.30. The lowest BCUT2D eigenvalue weighted by Gasteiger charge is -2.10. The maximum atomic E-state index is 12.1. The van der Waals surface area contributed by atoms with Crippen LogP contribution in [0.15, 0.2) is 73.1 Å². The summed E-state index contributed by atoms with van der Waals surface area (Å²) in [7, 11) is 0. The maximum Gasteiger partial charge on any atom is 0.253 e. The molecule has 1 heterocycles. The molecule has 4 heteroatoms. The number of ether oxygens (including phenoxy) is 1. The van der Waals surface area contributed by atoms with Crippen molar-refractivity contribution in [2.75, 3.05) is 0 Å². The summed E-state index contributed by atoms with van der Waals surface area (Å²) in [5.41, 5.74) is 2.59. The molecule has 0 radical (unpaired) electrons. The Bertz CT molecular complexity index is 832. The molecule has 24 heavy (non-hydrogen) atoms. The first-order valence-electron chi connectivity index (χ1n) is 7.73. The lowest BCUT2D eigenvalue weighted by atomic mass is 10.2. The van der Waals surface area contributed by atoms with Gasteiger partial charge in [-0.1, -0.05) is 30.3 Å². The number of hydrogen-bond acceptors (Lipinski definition) is 3. The highest BCUT2D eigenvalue weighted by atomic mass is 16.5. The molecule has 3 rings (SSSR count). The van der Waals surface area contributed by atoms with Gasteiger partial charge in [0.1, 0.15) is 11.5 Å². The molecule has 0 aliphatic carbocycles. The summed E-state index contributed by atoms with van der Waals surface area (Å²) in [6.07, 6.45) is 3.19. The van der Waals surface area contributed by atoms with Gasteiger partial charge in [-0.3, -0.25) is 9.78 Å². The van der Waals surface area contributed by atoms with Crippen LogP contribution in [0.4, 0.5) is 0 Å². The van der Waals surface area contributed by atoms with Gasteiger partial charge in [-0.2, -0.15) is 0 Å². The number of benzene rings is 2. The van der Waals surface area contributed by atoms with Gasteiger partial charge >= 0.3 is 0 Å². The van der Waals surface area contributed by atoms with Crippen molar-refractivity contribution in [2.24, 2.45) is 0 Å². The van der Waals surface area contributed by atoms with E-state index in [-0.39, 0.29) is 5.91 Å². The number of aryl methyl sites for hydroxylation is 1. The standard InChI is InChI=1S/C20H18N2O2/c1-15-6-2-3-10-19(15)24-18-9-4-7-16(12-18)13-22-20(23)17-8-5-11-21-14-17/h2-12,14H,13H2,1H3,(H,22,23). The average molecular weight is 318 g/mol. The van der Waals surface area contributed by atoms with Gasteiger partial charge < -0.3 is 10.1 Å². The van der Waals surface area contributed by atoms with Gasteiger partial charge in [0.2, 0.25) is 0 Å². The number of rotatable bonds is 5. The summed E-state index contributed by atoms with van der Waals surface area (Å²) in [5, 5.41) is 2.88. The van der Waals surface area contributed by atoms with Gasteiger partial charge in [0.05, 0.1) is 5.56 Å². The van der Waals surface area contributed by atoms with Crippen molar-refractivity contribution in [1.82, 2.24) is 10.3 Å². The quantitative estimate of drug-likeness (QED) is 0.770. The van der Waals surface area contributed by atoms with E-state index in [0.717, 1.165) is 22.6 Å². The Hall–Kier alpha value is -3.14. The van der Waals surface area contributed by atoms with Gasteiger partial charge in [-0.05, 0) is 48.4 Å². The van der Waals surface area contributed by atoms with E-state index in [1.807, 2.05) is 55.5 Å². The smallest absolute Gasteiger partial charge is 0.253 e. The summed E-state index contributed by atoms with van der Waals surface area (Å²) >= 11 is 0. The lowest BCUT2D eigenvalue weighted by molar-refractivity contribution is 0.0950. The number of nitrogens with one attached hydrogen (secondary N) is 1. The van der Waals surface area contributed by atoms with Gasteiger partial charge in [0.15, 0.2) is 0 Å². The highest BCUT2D eigenvalue weighted by Gasteiger charge is 2.06. The van der Waals surface area contributed by atoms with Crippen molar-refractivity contribution in [2.45, 2.75) is 13.5 Å². The fourth-order valence-electron chi connectivity index (χ4n) is 2.30. The van der Waals surface area contributed by atoms with Crippen LogP contribution >= 0.6 is 0 Å². The number of carbonyl (C=O) groups is 1. The number of hydrogen-bond donors (Lipinski definition) is 1. The summed E-state index contributed by atoms with van der Waals surface area (Å²) < 4.78 is 5.92. The Morgan fingerprint density at radius 3 is 2.75 bits per heavy atom. The minimum Gasteiger partial charge on any atom is -0.457 e. The first kappa shape index (κ1) is 15.7. The molecule has 1 amide bonds. The molecule has 1 aromatic heterocycles. The first-order valence-corrected chi connectivity index (χ1v) is 7.73. The minimum atomic E-state index is -0.145. The third kappa shape index (κ3) is 3.98. The van der Waals surface area contributed by atoms with Crippen LogP contribution < -0.4 is 10.1 Å². The Kier molecular flexibility index (Phi) is 4.87. The molecule has 0 aliphatic rings. The maximum absolute atomic E-state index is 12.1. The van der Waals surface area contributed by atoms with Crippen LogP contribution in [-0.2, 0) is 6.54 Å². The van der Waals surface area contributed by atoms with E-state index in [2.05, 4.69) is 10.3 Å². The number of para-hydroxylation sites is 1. The summed E-state index contributed by atoms with van der Waals surface area (Å²) in [6.45, 7) is 2.44. The second-order valence-electron chi connectivity index (χ2n) is 5.44. The molecule has 0 fully saturated rings. The number of carbonyl (C=O) groups excluding carboxylic acids is 1. The SMILES string of the molecule is Cc1ccccc1Oc1cccc(CNC(=O)c2cccnc2)c1. The molecule has 0 bridgehead atoms. The van der Waals surface area contributed by atoms with Gasteiger partial charge in [-0.15, -0.1) is 0 Å². The second-order valence-corrected chi connectivity index (χ2v) is 5.44. The predicted molar refractivity (Wildman–Crippen MR) is 93.1 cm³/mol. The van der Waals surface area contributed by atoms with Crippen molar-refractivity contribution < 1.29 is 9.53 Å². The van der Waals surface area contributed by atoms with Crippen LogP contribution in [0.5, 0.6) is 11.5 Å². The Labute approximate surface area is 141 Å². The molecular formula is C20H18N2O2. The fraction of sp³-hybridized carbons (Fsp3) is 0.100. The molecule has 0 aliphatic heterocycles. The van der Waals surface area contributed by atoms with Crippen LogP contribution in [0.3, 0.4) is 0 Å².